The Morgan fingerprint density at radius 3 is 2.50 bits per heavy atom. The Balaban J connectivity index is 2.14. The average molecular weight is 295 g/mol. The molecule has 0 aliphatic heterocycles. The van der Waals surface area contributed by atoms with Gasteiger partial charge in [-0.25, -0.2) is 9.18 Å². The normalized spacial score (nSPS) is 10.4. The first kappa shape index (κ1) is 14.0. The fourth-order valence-corrected chi connectivity index (χ4v) is 2.22. The molecule has 0 atom stereocenters. The molecule has 0 aliphatic rings. The number of carboxylic acid groups (broad SMARTS) is 1. The molecule has 0 saturated heterocycles. The lowest BCUT2D eigenvalue weighted by Crippen LogP contribution is -2.06. The minimum absolute atomic E-state index is 0.0124. The minimum atomic E-state index is -1.32. The van der Waals surface area contributed by atoms with Crippen LogP contribution in [0.25, 0.3) is 0 Å². The van der Waals surface area contributed by atoms with E-state index in [0.29, 0.717) is 16.5 Å². The highest BCUT2D eigenvalue weighted by Crippen LogP contribution is 2.24. The predicted molar refractivity (Wildman–Crippen MR) is 71.6 cm³/mol. The number of halogens is 1. The monoisotopic (exact) mass is 295 g/mol. The summed E-state index contributed by atoms with van der Waals surface area (Å²) < 4.78 is 13.2. The van der Waals surface area contributed by atoms with E-state index in [9.17, 15) is 9.18 Å². The third-order valence-electron chi connectivity index (χ3n) is 2.25. The molecule has 2 rings (SSSR count). The third-order valence-corrected chi connectivity index (χ3v) is 3.24. The first-order chi connectivity index (χ1) is 9.45. The Morgan fingerprint density at radius 1 is 1.25 bits per heavy atom. The van der Waals surface area contributed by atoms with Gasteiger partial charge >= 0.3 is 5.97 Å². The van der Waals surface area contributed by atoms with Crippen molar-refractivity contribution >= 4 is 29.6 Å². The van der Waals surface area contributed by atoms with E-state index >= 15 is 0 Å². The second-order valence-corrected chi connectivity index (χ2v) is 4.75. The summed E-state index contributed by atoms with van der Waals surface area (Å²) in [4.78, 5) is 22.8. The van der Waals surface area contributed by atoms with Crippen molar-refractivity contribution in [3.63, 3.8) is 0 Å². The van der Waals surface area contributed by atoms with Gasteiger partial charge in [-0.3, -0.25) is 0 Å². The maximum Gasteiger partial charge on any atom is 0.338 e. The molecule has 1 aromatic heterocycles. The van der Waals surface area contributed by atoms with Crippen molar-refractivity contribution in [2.45, 2.75) is 10.6 Å². The van der Waals surface area contributed by atoms with Gasteiger partial charge < -0.3 is 16.6 Å². The fourth-order valence-electron chi connectivity index (χ4n) is 1.43. The molecule has 2 aromatic rings. The van der Waals surface area contributed by atoms with Crippen LogP contribution in [0.2, 0.25) is 0 Å². The van der Waals surface area contributed by atoms with Crippen molar-refractivity contribution in [3.05, 3.63) is 35.4 Å². The van der Waals surface area contributed by atoms with Gasteiger partial charge in [0.1, 0.15) is 11.6 Å². The molecule has 20 heavy (non-hydrogen) atoms. The summed E-state index contributed by atoms with van der Waals surface area (Å²) in [5, 5.41) is 8.83. The van der Waals surface area contributed by atoms with E-state index in [2.05, 4.69) is 15.0 Å². The van der Waals surface area contributed by atoms with Crippen molar-refractivity contribution in [1.29, 1.82) is 0 Å². The second-order valence-electron chi connectivity index (χ2n) is 3.70. The zero-order valence-corrected chi connectivity index (χ0v) is 10.9. The van der Waals surface area contributed by atoms with Gasteiger partial charge in [-0.15, -0.1) is 11.8 Å². The van der Waals surface area contributed by atoms with E-state index in [0.717, 1.165) is 6.07 Å². The molecule has 0 spiro atoms. The minimum Gasteiger partial charge on any atom is -0.478 e. The number of nitrogen functional groups attached to an aromatic ring is 2. The van der Waals surface area contributed by atoms with Gasteiger partial charge in [0.15, 0.2) is 0 Å². The summed E-state index contributed by atoms with van der Waals surface area (Å²) in [6.07, 6.45) is 0. The predicted octanol–water partition coefficient (Wildman–Crippen LogP) is 1.17. The van der Waals surface area contributed by atoms with Crippen LogP contribution in [0, 0.1) is 5.82 Å². The molecular weight excluding hydrogens is 285 g/mol. The second kappa shape index (κ2) is 5.70. The molecule has 0 fully saturated rings. The molecule has 104 valence electrons. The Kier molecular flexibility index (Phi) is 3.99. The van der Waals surface area contributed by atoms with Gasteiger partial charge in [-0.1, -0.05) is 0 Å². The molecule has 7 nitrogen and oxygen atoms in total. The van der Waals surface area contributed by atoms with E-state index < -0.39 is 11.8 Å². The molecule has 0 saturated carbocycles. The molecular formula is C11H10FN5O2S. The molecule has 0 unspecified atom stereocenters. The van der Waals surface area contributed by atoms with Crippen molar-refractivity contribution in [2.24, 2.45) is 0 Å². The van der Waals surface area contributed by atoms with Gasteiger partial charge in [0.05, 0.1) is 11.3 Å². The van der Waals surface area contributed by atoms with Crippen molar-refractivity contribution in [2.75, 3.05) is 11.5 Å². The summed E-state index contributed by atoms with van der Waals surface area (Å²) in [5.41, 5.74) is 10.5. The van der Waals surface area contributed by atoms with Crippen LogP contribution in [0.5, 0.6) is 0 Å². The SMILES string of the molecule is Nc1nc(N)nc(CSc2ccc(F)c(C(=O)O)c2)n1. The summed E-state index contributed by atoms with van der Waals surface area (Å²) in [6.45, 7) is 0. The number of aromatic carboxylic acids is 1. The van der Waals surface area contributed by atoms with Crippen LogP contribution in [0.15, 0.2) is 23.1 Å². The molecule has 5 N–H and O–H groups in total. The summed E-state index contributed by atoms with van der Waals surface area (Å²) in [5.74, 6) is -1.41. The van der Waals surface area contributed by atoms with Crippen LogP contribution >= 0.6 is 11.8 Å². The van der Waals surface area contributed by atoms with Crippen LogP contribution in [0.1, 0.15) is 16.2 Å². The van der Waals surface area contributed by atoms with Crippen LogP contribution in [-0.4, -0.2) is 26.0 Å². The number of anilines is 2. The van der Waals surface area contributed by atoms with E-state index in [1.807, 2.05) is 0 Å². The number of benzene rings is 1. The van der Waals surface area contributed by atoms with Crippen LogP contribution in [0.3, 0.4) is 0 Å². The fraction of sp³-hybridized carbons (Fsp3) is 0.0909. The van der Waals surface area contributed by atoms with E-state index in [1.165, 1.54) is 23.9 Å². The third kappa shape index (κ3) is 3.32. The smallest absolute Gasteiger partial charge is 0.338 e. The summed E-state index contributed by atoms with van der Waals surface area (Å²) in [7, 11) is 0. The lowest BCUT2D eigenvalue weighted by molar-refractivity contribution is 0.0691. The largest absolute Gasteiger partial charge is 0.478 e. The number of hydrogen-bond acceptors (Lipinski definition) is 7. The first-order valence-electron chi connectivity index (χ1n) is 5.37. The van der Waals surface area contributed by atoms with Gasteiger partial charge in [0.2, 0.25) is 11.9 Å². The molecule has 0 bridgehead atoms. The van der Waals surface area contributed by atoms with E-state index in [-0.39, 0.29) is 17.5 Å². The van der Waals surface area contributed by atoms with Crippen LogP contribution < -0.4 is 11.5 Å². The molecule has 1 aromatic carbocycles. The molecule has 0 aliphatic carbocycles. The van der Waals surface area contributed by atoms with Gasteiger partial charge in [-0.05, 0) is 18.2 Å². The molecule has 1 heterocycles. The lowest BCUT2D eigenvalue weighted by Gasteiger charge is -2.04. The number of aromatic nitrogens is 3. The zero-order chi connectivity index (χ0) is 14.7. The number of rotatable bonds is 4. The number of nitrogens with two attached hydrogens (primary N) is 2. The van der Waals surface area contributed by atoms with Crippen LogP contribution in [-0.2, 0) is 5.75 Å². The van der Waals surface area contributed by atoms with E-state index in [4.69, 9.17) is 16.6 Å². The number of carboxylic acids is 1. The Morgan fingerprint density at radius 2 is 1.90 bits per heavy atom. The molecule has 0 radical (unpaired) electrons. The lowest BCUT2D eigenvalue weighted by atomic mass is 10.2. The van der Waals surface area contributed by atoms with Crippen LogP contribution in [0.4, 0.5) is 16.3 Å². The highest BCUT2D eigenvalue weighted by atomic mass is 32.2. The average Bonchev–Trinajstić information content (AvgIpc) is 2.36. The Labute approximate surface area is 117 Å². The maximum atomic E-state index is 13.2. The number of carbonyl (C=O) groups is 1. The Hall–Kier alpha value is -2.42. The van der Waals surface area contributed by atoms with Crippen molar-refractivity contribution in [1.82, 2.24) is 15.0 Å². The van der Waals surface area contributed by atoms with Gasteiger partial charge in [0.25, 0.3) is 0 Å². The molecule has 0 amide bonds. The zero-order valence-electron chi connectivity index (χ0n) is 10.1. The van der Waals surface area contributed by atoms with Crippen molar-refractivity contribution < 1.29 is 14.3 Å². The molecule has 9 heteroatoms. The standard InChI is InChI=1S/C11H10FN5O2S/c12-7-2-1-5(3-6(7)9(18)19)20-4-8-15-10(13)17-11(14)16-8/h1-3H,4H2,(H,18,19)(H4,13,14,15,16,17). The topological polar surface area (TPSA) is 128 Å². The number of thioether (sulfide) groups is 1. The van der Waals surface area contributed by atoms with E-state index in [1.54, 1.807) is 0 Å². The summed E-state index contributed by atoms with van der Waals surface area (Å²) in [6, 6.07) is 3.82. The Bertz CT molecular complexity index is 647. The van der Waals surface area contributed by atoms with Gasteiger partial charge in [0, 0.05) is 4.90 Å². The van der Waals surface area contributed by atoms with Crippen molar-refractivity contribution in [3.8, 4) is 0 Å². The first-order valence-corrected chi connectivity index (χ1v) is 6.36. The number of hydrogen-bond donors (Lipinski definition) is 3. The van der Waals surface area contributed by atoms with Gasteiger partial charge in [-0.2, -0.15) is 15.0 Å². The summed E-state index contributed by atoms with van der Waals surface area (Å²) >= 11 is 1.24. The highest BCUT2D eigenvalue weighted by Gasteiger charge is 2.11. The maximum absolute atomic E-state index is 13.2. The highest BCUT2D eigenvalue weighted by molar-refractivity contribution is 7.98. The quantitative estimate of drug-likeness (QED) is 0.717. The number of nitrogens with zero attached hydrogens (tertiary/aromatic N) is 3.